The number of aromatic nitrogens is 2. The van der Waals surface area contributed by atoms with E-state index in [1.165, 1.54) is 23.1 Å². The van der Waals surface area contributed by atoms with Crippen molar-refractivity contribution in [1.29, 1.82) is 0 Å². The highest BCUT2D eigenvalue weighted by atomic mass is 32.1. The van der Waals surface area contributed by atoms with E-state index in [2.05, 4.69) is 23.3 Å². The van der Waals surface area contributed by atoms with Gasteiger partial charge in [0.2, 0.25) is 0 Å². The van der Waals surface area contributed by atoms with Crippen molar-refractivity contribution >= 4 is 21.4 Å². The molecule has 0 bridgehead atoms. The second-order valence-electron chi connectivity index (χ2n) is 7.96. The molecule has 0 spiro atoms. The van der Waals surface area contributed by atoms with Gasteiger partial charge in [-0.2, -0.15) is 5.10 Å². The van der Waals surface area contributed by atoms with Crippen LogP contribution in [0.1, 0.15) is 30.0 Å². The maximum absolute atomic E-state index is 13.4. The van der Waals surface area contributed by atoms with Crippen molar-refractivity contribution in [3.8, 4) is 33.1 Å². The number of aryl methyl sites for hydroxylation is 2. The summed E-state index contributed by atoms with van der Waals surface area (Å²) in [6, 6.07) is 14.6. The molecule has 4 aromatic rings. The van der Waals surface area contributed by atoms with Crippen LogP contribution < -0.4 is 15.0 Å². The van der Waals surface area contributed by atoms with Gasteiger partial charge in [0.25, 0.3) is 5.56 Å². The number of ether oxygens (including phenoxy) is 2. The monoisotopic (exact) mass is 432 g/mol. The van der Waals surface area contributed by atoms with Crippen molar-refractivity contribution in [2.75, 3.05) is 14.2 Å². The number of nitrogens with zero attached hydrogens (tertiary/aromatic N) is 2. The summed E-state index contributed by atoms with van der Waals surface area (Å²) in [6.07, 6.45) is 2.45. The number of rotatable bonds is 5. The third-order valence-corrected chi connectivity index (χ3v) is 7.13. The Kier molecular flexibility index (Phi) is 4.82. The SMILES string of the molecule is COc1ccccc1-c1sc2ccc(C3CC3)cc2c1-c1c(OC)c(C)nn(C)c1=O. The Bertz CT molecular complexity index is 1370. The number of thiophene rings is 1. The van der Waals surface area contributed by atoms with Crippen LogP contribution >= 0.6 is 11.3 Å². The average molecular weight is 433 g/mol. The summed E-state index contributed by atoms with van der Waals surface area (Å²) in [5.41, 5.74) is 4.26. The van der Waals surface area contributed by atoms with Crippen molar-refractivity contribution in [2.24, 2.45) is 7.05 Å². The van der Waals surface area contributed by atoms with E-state index in [0.29, 0.717) is 22.9 Å². The van der Waals surface area contributed by atoms with Gasteiger partial charge in [0.15, 0.2) is 5.75 Å². The molecular weight excluding hydrogens is 408 g/mol. The van der Waals surface area contributed by atoms with Crippen LogP contribution in [0, 0.1) is 6.92 Å². The summed E-state index contributed by atoms with van der Waals surface area (Å²) in [4.78, 5) is 14.4. The van der Waals surface area contributed by atoms with Crippen LogP contribution in [0.4, 0.5) is 0 Å². The Morgan fingerprint density at radius 2 is 1.84 bits per heavy atom. The van der Waals surface area contributed by atoms with Gasteiger partial charge in [-0.15, -0.1) is 11.3 Å². The third kappa shape index (κ3) is 3.22. The normalized spacial score (nSPS) is 13.5. The third-order valence-electron chi connectivity index (χ3n) is 5.93. The molecule has 31 heavy (non-hydrogen) atoms. The molecule has 2 heterocycles. The van der Waals surface area contributed by atoms with E-state index in [9.17, 15) is 4.79 Å². The number of hydrogen-bond acceptors (Lipinski definition) is 5. The molecule has 6 heteroatoms. The molecule has 0 aliphatic heterocycles. The first-order valence-electron chi connectivity index (χ1n) is 10.4. The summed E-state index contributed by atoms with van der Waals surface area (Å²) in [5, 5.41) is 5.42. The van der Waals surface area contributed by atoms with E-state index >= 15 is 0 Å². The molecule has 1 saturated carbocycles. The molecule has 2 aromatic carbocycles. The Hall–Kier alpha value is -3.12. The first-order valence-corrected chi connectivity index (χ1v) is 11.2. The zero-order valence-electron chi connectivity index (χ0n) is 18.1. The van der Waals surface area contributed by atoms with Gasteiger partial charge in [0.1, 0.15) is 11.4 Å². The van der Waals surface area contributed by atoms with Crippen LogP contribution in [-0.2, 0) is 7.05 Å². The summed E-state index contributed by atoms with van der Waals surface area (Å²) in [5.74, 6) is 1.92. The van der Waals surface area contributed by atoms with Crippen LogP contribution in [0.2, 0.25) is 0 Å². The summed E-state index contributed by atoms with van der Waals surface area (Å²) in [6.45, 7) is 1.87. The quantitative estimate of drug-likeness (QED) is 0.416. The Morgan fingerprint density at radius 1 is 1.06 bits per heavy atom. The fourth-order valence-electron chi connectivity index (χ4n) is 4.28. The smallest absolute Gasteiger partial charge is 0.278 e. The first kappa shape index (κ1) is 19.8. The van der Waals surface area contributed by atoms with Crippen LogP contribution in [0.25, 0.3) is 31.7 Å². The van der Waals surface area contributed by atoms with Gasteiger partial charge >= 0.3 is 0 Å². The molecule has 5 rings (SSSR count). The van der Waals surface area contributed by atoms with Crippen molar-refractivity contribution in [3.63, 3.8) is 0 Å². The van der Waals surface area contributed by atoms with Gasteiger partial charge in [-0.3, -0.25) is 4.79 Å². The second-order valence-corrected chi connectivity index (χ2v) is 9.01. The van der Waals surface area contributed by atoms with E-state index in [4.69, 9.17) is 9.47 Å². The lowest BCUT2D eigenvalue weighted by Crippen LogP contribution is -2.23. The predicted molar refractivity (Wildman–Crippen MR) is 126 cm³/mol. The molecule has 0 radical (unpaired) electrons. The van der Waals surface area contributed by atoms with Crippen molar-refractivity contribution < 1.29 is 9.47 Å². The molecule has 0 atom stereocenters. The molecule has 2 aromatic heterocycles. The number of benzene rings is 2. The number of hydrogen-bond donors (Lipinski definition) is 0. The first-order chi connectivity index (χ1) is 15.0. The molecule has 1 aliphatic rings. The fraction of sp³-hybridized carbons (Fsp3) is 0.280. The fourth-order valence-corrected chi connectivity index (χ4v) is 5.50. The minimum atomic E-state index is -0.171. The minimum Gasteiger partial charge on any atom is -0.496 e. The lowest BCUT2D eigenvalue weighted by molar-refractivity contribution is 0.405. The highest BCUT2D eigenvalue weighted by molar-refractivity contribution is 7.23. The van der Waals surface area contributed by atoms with Crippen LogP contribution in [0.15, 0.2) is 47.3 Å². The molecule has 1 aliphatic carbocycles. The molecule has 5 nitrogen and oxygen atoms in total. The average Bonchev–Trinajstić information content (AvgIpc) is 3.57. The molecule has 0 unspecified atom stereocenters. The molecule has 158 valence electrons. The van der Waals surface area contributed by atoms with E-state index in [1.807, 2.05) is 31.2 Å². The standard InChI is InChI=1S/C25H24N2O3S/c1-14-23(30-4)22(25(28)27(2)26-14)21-18-13-16(15-9-10-15)11-12-20(18)31-24(21)17-7-5-6-8-19(17)29-3/h5-8,11-13,15H,9-10H2,1-4H3. The van der Waals surface area contributed by atoms with Crippen LogP contribution in [0.3, 0.4) is 0 Å². The lowest BCUT2D eigenvalue weighted by atomic mass is 9.96. The van der Waals surface area contributed by atoms with Gasteiger partial charge in [0, 0.05) is 33.1 Å². The minimum absolute atomic E-state index is 0.171. The molecule has 1 fully saturated rings. The highest BCUT2D eigenvalue weighted by Crippen LogP contribution is 2.50. The van der Waals surface area contributed by atoms with Gasteiger partial charge in [-0.05, 0) is 55.5 Å². The zero-order valence-corrected chi connectivity index (χ0v) is 18.9. The molecular formula is C25H24N2O3S. The Balaban J connectivity index is 1.93. The van der Waals surface area contributed by atoms with Gasteiger partial charge < -0.3 is 9.47 Å². The number of methoxy groups -OCH3 is 2. The Morgan fingerprint density at radius 3 is 2.55 bits per heavy atom. The van der Waals surface area contributed by atoms with Crippen LogP contribution in [0.5, 0.6) is 11.5 Å². The summed E-state index contributed by atoms with van der Waals surface area (Å²) in [7, 11) is 4.96. The number of para-hydroxylation sites is 1. The van der Waals surface area contributed by atoms with Crippen LogP contribution in [-0.4, -0.2) is 24.0 Å². The van der Waals surface area contributed by atoms with Gasteiger partial charge in [-0.25, -0.2) is 4.68 Å². The lowest BCUT2D eigenvalue weighted by Gasteiger charge is -2.14. The summed E-state index contributed by atoms with van der Waals surface area (Å²) < 4.78 is 13.9. The predicted octanol–water partition coefficient (Wildman–Crippen LogP) is 5.53. The van der Waals surface area contributed by atoms with E-state index in [-0.39, 0.29) is 5.56 Å². The molecule has 0 saturated heterocycles. The van der Waals surface area contributed by atoms with Gasteiger partial charge in [-0.1, -0.05) is 18.2 Å². The summed E-state index contributed by atoms with van der Waals surface area (Å²) >= 11 is 1.68. The van der Waals surface area contributed by atoms with Gasteiger partial charge in [0.05, 0.1) is 19.8 Å². The van der Waals surface area contributed by atoms with E-state index in [1.54, 1.807) is 32.6 Å². The highest BCUT2D eigenvalue weighted by Gasteiger charge is 2.28. The van der Waals surface area contributed by atoms with E-state index < -0.39 is 0 Å². The van der Waals surface area contributed by atoms with Crippen molar-refractivity contribution in [2.45, 2.75) is 25.7 Å². The maximum Gasteiger partial charge on any atom is 0.278 e. The largest absolute Gasteiger partial charge is 0.496 e. The zero-order chi connectivity index (χ0) is 21.7. The molecule has 0 amide bonds. The van der Waals surface area contributed by atoms with E-state index in [0.717, 1.165) is 31.8 Å². The number of fused-ring (bicyclic) bond motifs is 1. The van der Waals surface area contributed by atoms with Crippen molar-refractivity contribution in [1.82, 2.24) is 9.78 Å². The molecule has 0 N–H and O–H groups in total. The Labute approximate surface area is 184 Å². The second kappa shape index (κ2) is 7.54. The maximum atomic E-state index is 13.4. The van der Waals surface area contributed by atoms with Crippen molar-refractivity contribution in [3.05, 3.63) is 64.1 Å². The topological polar surface area (TPSA) is 53.4 Å².